The van der Waals surface area contributed by atoms with Gasteiger partial charge in [0.2, 0.25) is 0 Å². The van der Waals surface area contributed by atoms with Gasteiger partial charge in [0, 0.05) is 6.61 Å². The summed E-state index contributed by atoms with van der Waals surface area (Å²) in [6.07, 6.45) is 1.00. The Morgan fingerprint density at radius 3 is 2.13 bits per heavy atom. The predicted octanol–water partition coefficient (Wildman–Crippen LogP) is 3.57. The van der Waals surface area contributed by atoms with E-state index in [9.17, 15) is 0 Å². The molecule has 0 aromatic heterocycles. The molecule has 0 amide bonds. The Balaban J connectivity index is 2.63. The molecule has 0 aliphatic heterocycles. The molecule has 0 radical (unpaired) electrons. The Kier molecular flexibility index (Phi) is 3.86. The average molecular weight is 212 g/mol. The van der Waals surface area contributed by atoms with Crippen LogP contribution in [-0.4, -0.2) is 11.7 Å². The largest absolute Gasteiger partial charge is 0.396 e. The molecule has 0 aromatic rings. The van der Waals surface area contributed by atoms with Crippen molar-refractivity contribution in [1.29, 1.82) is 0 Å². The molecule has 1 N–H and O–H groups in total. The lowest BCUT2D eigenvalue weighted by Crippen LogP contribution is -2.29. The molecule has 4 unspecified atom stereocenters. The van der Waals surface area contributed by atoms with Gasteiger partial charge in [-0.15, -0.1) is 0 Å². The van der Waals surface area contributed by atoms with Crippen LogP contribution in [0.4, 0.5) is 0 Å². The van der Waals surface area contributed by atoms with E-state index < -0.39 is 0 Å². The molecule has 15 heavy (non-hydrogen) atoms. The summed E-state index contributed by atoms with van der Waals surface area (Å²) < 4.78 is 0. The maximum atomic E-state index is 9.03. The lowest BCUT2D eigenvalue weighted by molar-refractivity contribution is 0.128. The first kappa shape index (κ1) is 13.0. The lowest BCUT2D eigenvalue weighted by atomic mass is 9.69. The second-order valence-corrected chi connectivity index (χ2v) is 6.42. The second kappa shape index (κ2) is 4.45. The molecule has 90 valence electrons. The van der Waals surface area contributed by atoms with Gasteiger partial charge in [-0.1, -0.05) is 41.5 Å². The van der Waals surface area contributed by atoms with Crippen LogP contribution in [0, 0.1) is 35.0 Å². The van der Waals surface area contributed by atoms with Gasteiger partial charge >= 0.3 is 0 Å². The first-order valence-corrected chi connectivity index (χ1v) is 6.44. The van der Waals surface area contributed by atoms with Gasteiger partial charge in [-0.2, -0.15) is 0 Å². The molecule has 1 nitrogen and oxygen atoms in total. The number of rotatable bonds is 5. The molecule has 0 saturated heterocycles. The van der Waals surface area contributed by atoms with E-state index in [1.54, 1.807) is 0 Å². The van der Waals surface area contributed by atoms with Crippen molar-refractivity contribution in [1.82, 2.24) is 0 Å². The zero-order valence-corrected chi connectivity index (χ0v) is 11.2. The number of hydrogen-bond acceptors (Lipinski definition) is 1. The first-order valence-electron chi connectivity index (χ1n) is 6.44. The van der Waals surface area contributed by atoms with Crippen LogP contribution in [0.25, 0.3) is 0 Å². The molecule has 0 heterocycles. The van der Waals surface area contributed by atoms with Crippen molar-refractivity contribution in [3.05, 3.63) is 0 Å². The first-order chi connectivity index (χ1) is 6.84. The fraction of sp³-hybridized carbons (Fsp3) is 1.00. The highest BCUT2D eigenvalue weighted by molar-refractivity contribution is 5.03. The van der Waals surface area contributed by atoms with Crippen molar-refractivity contribution in [2.24, 2.45) is 35.0 Å². The topological polar surface area (TPSA) is 20.2 Å². The maximum Gasteiger partial charge on any atom is 0.0433 e. The van der Waals surface area contributed by atoms with E-state index in [-0.39, 0.29) is 0 Å². The Labute approximate surface area is 95.3 Å². The third-order valence-corrected chi connectivity index (χ3v) is 5.06. The molecule has 1 aliphatic carbocycles. The van der Waals surface area contributed by atoms with Crippen molar-refractivity contribution < 1.29 is 5.11 Å². The van der Waals surface area contributed by atoms with E-state index in [1.165, 1.54) is 0 Å². The monoisotopic (exact) mass is 212 g/mol. The van der Waals surface area contributed by atoms with Crippen LogP contribution in [0.5, 0.6) is 0 Å². The summed E-state index contributed by atoms with van der Waals surface area (Å²) >= 11 is 0. The summed E-state index contributed by atoms with van der Waals surface area (Å²) in [6, 6.07) is 0. The fourth-order valence-corrected chi connectivity index (χ4v) is 3.53. The van der Waals surface area contributed by atoms with Gasteiger partial charge in [-0.3, -0.25) is 0 Å². The summed E-state index contributed by atoms with van der Waals surface area (Å²) in [6.45, 7) is 14.6. The maximum absolute atomic E-state index is 9.03. The SMILES string of the molecule is CC(C)C(C)C(C)(C)C1C(C)C1CCO. The van der Waals surface area contributed by atoms with E-state index in [2.05, 4.69) is 41.5 Å². The second-order valence-electron chi connectivity index (χ2n) is 6.42. The average Bonchev–Trinajstić information content (AvgIpc) is 2.76. The van der Waals surface area contributed by atoms with Gasteiger partial charge < -0.3 is 5.11 Å². The molecular formula is C14H28O. The van der Waals surface area contributed by atoms with Crippen LogP contribution in [0.1, 0.15) is 48.0 Å². The molecule has 0 aromatic carbocycles. The molecular weight excluding hydrogens is 184 g/mol. The van der Waals surface area contributed by atoms with Crippen LogP contribution in [0.15, 0.2) is 0 Å². The molecule has 1 fully saturated rings. The smallest absolute Gasteiger partial charge is 0.0433 e. The summed E-state index contributed by atoms with van der Waals surface area (Å²) in [4.78, 5) is 0. The summed E-state index contributed by atoms with van der Waals surface area (Å²) in [5.74, 6) is 3.91. The molecule has 1 aliphatic rings. The Morgan fingerprint density at radius 2 is 1.73 bits per heavy atom. The van der Waals surface area contributed by atoms with Crippen molar-refractivity contribution >= 4 is 0 Å². The summed E-state index contributed by atoms with van der Waals surface area (Å²) in [5.41, 5.74) is 0.424. The Hall–Kier alpha value is -0.0400. The van der Waals surface area contributed by atoms with E-state index in [0.29, 0.717) is 12.0 Å². The van der Waals surface area contributed by atoms with Crippen molar-refractivity contribution in [3.63, 3.8) is 0 Å². The normalized spacial score (nSPS) is 33.2. The fourth-order valence-electron chi connectivity index (χ4n) is 3.53. The zero-order chi connectivity index (χ0) is 11.8. The minimum atomic E-state index is 0.359. The van der Waals surface area contributed by atoms with E-state index >= 15 is 0 Å². The third-order valence-electron chi connectivity index (χ3n) is 5.06. The van der Waals surface area contributed by atoms with Crippen LogP contribution in [-0.2, 0) is 0 Å². The van der Waals surface area contributed by atoms with Gasteiger partial charge in [0.1, 0.15) is 0 Å². The van der Waals surface area contributed by atoms with Crippen molar-refractivity contribution in [3.8, 4) is 0 Å². The molecule has 1 heteroatoms. The highest BCUT2D eigenvalue weighted by atomic mass is 16.3. The number of hydrogen-bond donors (Lipinski definition) is 1. The molecule has 1 rings (SSSR count). The van der Waals surface area contributed by atoms with E-state index in [4.69, 9.17) is 5.11 Å². The molecule has 0 bridgehead atoms. The molecule has 4 atom stereocenters. The number of aliphatic hydroxyl groups is 1. The van der Waals surface area contributed by atoms with Gasteiger partial charge in [0.25, 0.3) is 0 Å². The quantitative estimate of drug-likeness (QED) is 0.738. The highest BCUT2D eigenvalue weighted by Crippen LogP contribution is 2.60. The van der Waals surface area contributed by atoms with Crippen LogP contribution in [0.3, 0.4) is 0 Å². The molecule has 0 spiro atoms. The van der Waals surface area contributed by atoms with Crippen LogP contribution < -0.4 is 0 Å². The van der Waals surface area contributed by atoms with Crippen molar-refractivity contribution in [2.75, 3.05) is 6.61 Å². The van der Waals surface area contributed by atoms with Gasteiger partial charge in [-0.25, -0.2) is 0 Å². The molecule has 1 saturated carbocycles. The van der Waals surface area contributed by atoms with Crippen LogP contribution >= 0.6 is 0 Å². The third kappa shape index (κ3) is 2.38. The summed E-state index contributed by atoms with van der Waals surface area (Å²) in [7, 11) is 0. The lowest BCUT2D eigenvalue weighted by Gasteiger charge is -2.36. The van der Waals surface area contributed by atoms with E-state index in [0.717, 1.165) is 36.0 Å². The number of aliphatic hydroxyl groups excluding tert-OH is 1. The minimum absolute atomic E-state index is 0.359. The van der Waals surface area contributed by atoms with Crippen LogP contribution in [0.2, 0.25) is 0 Å². The Morgan fingerprint density at radius 1 is 1.20 bits per heavy atom. The highest BCUT2D eigenvalue weighted by Gasteiger charge is 2.55. The summed E-state index contributed by atoms with van der Waals surface area (Å²) in [5, 5.41) is 9.03. The van der Waals surface area contributed by atoms with Crippen molar-refractivity contribution in [2.45, 2.75) is 48.0 Å². The van der Waals surface area contributed by atoms with Gasteiger partial charge in [0.15, 0.2) is 0 Å². The zero-order valence-electron chi connectivity index (χ0n) is 11.2. The van der Waals surface area contributed by atoms with E-state index in [1.807, 2.05) is 0 Å². The Bertz CT molecular complexity index is 207. The minimum Gasteiger partial charge on any atom is -0.396 e. The standard InChI is InChI=1S/C14H28O/c1-9(2)11(4)14(5,6)13-10(3)12(13)7-8-15/h9-13,15H,7-8H2,1-6H3. The van der Waals surface area contributed by atoms with Gasteiger partial charge in [0.05, 0.1) is 0 Å². The van der Waals surface area contributed by atoms with Gasteiger partial charge in [-0.05, 0) is 41.4 Å². The predicted molar refractivity (Wildman–Crippen MR) is 65.6 cm³/mol.